The van der Waals surface area contributed by atoms with Crippen molar-refractivity contribution in [2.24, 2.45) is 5.73 Å². The number of thioether (sulfide) groups is 1. The number of hydrogen-bond donors (Lipinski definition) is 1. The Balaban J connectivity index is 1.63. The Morgan fingerprint density at radius 1 is 1.36 bits per heavy atom. The smallest absolute Gasteiger partial charge is 0.0576 e. The SMILES string of the molecule is NC(CCC1CCCO1)C1CCCS1. The van der Waals surface area contributed by atoms with Gasteiger partial charge in [0.1, 0.15) is 0 Å². The normalized spacial score (nSPS) is 34.9. The highest BCUT2D eigenvalue weighted by Gasteiger charge is 2.24. The van der Waals surface area contributed by atoms with Gasteiger partial charge in [-0.3, -0.25) is 0 Å². The van der Waals surface area contributed by atoms with Crippen molar-refractivity contribution >= 4 is 11.8 Å². The van der Waals surface area contributed by atoms with Gasteiger partial charge in [-0.25, -0.2) is 0 Å². The van der Waals surface area contributed by atoms with Crippen LogP contribution in [-0.2, 0) is 4.74 Å². The van der Waals surface area contributed by atoms with Gasteiger partial charge in [-0.2, -0.15) is 11.8 Å². The second-order valence-corrected chi connectivity index (χ2v) is 5.77. The van der Waals surface area contributed by atoms with E-state index in [0.29, 0.717) is 12.1 Å². The third-order valence-corrected chi connectivity index (χ3v) is 4.83. The molecule has 0 radical (unpaired) electrons. The van der Waals surface area contributed by atoms with Crippen LogP contribution < -0.4 is 5.73 Å². The maximum absolute atomic E-state index is 6.18. The van der Waals surface area contributed by atoms with E-state index in [-0.39, 0.29) is 0 Å². The van der Waals surface area contributed by atoms with Gasteiger partial charge in [0.15, 0.2) is 0 Å². The van der Waals surface area contributed by atoms with Crippen molar-refractivity contribution in [3.05, 3.63) is 0 Å². The molecular weight excluding hydrogens is 194 g/mol. The summed E-state index contributed by atoms with van der Waals surface area (Å²) in [6, 6.07) is 0.409. The molecule has 2 nitrogen and oxygen atoms in total. The van der Waals surface area contributed by atoms with Gasteiger partial charge in [-0.05, 0) is 44.3 Å². The van der Waals surface area contributed by atoms with E-state index in [2.05, 4.69) is 11.8 Å². The van der Waals surface area contributed by atoms with Gasteiger partial charge in [0.05, 0.1) is 6.10 Å². The summed E-state index contributed by atoms with van der Waals surface area (Å²) < 4.78 is 5.60. The fourth-order valence-electron chi connectivity index (χ4n) is 2.38. The summed E-state index contributed by atoms with van der Waals surface area (Å²) >= 11 is 2.07. The lowest BCUT2D eigenvalue weighted by atomic mass is 10.0. The molecule has 2 rings (SSSR count). The van der Waals surface area contributed by atoms with Gasteiger partial charge in [0, 0.05) is 17.9 Å². The number of hydrogen-bond acceptors (Lipinski definition) is 3. The Morgan fingerprint density at radius 3 is 2.93 bits per heavy atom. The molecule has 2 aliphatic rings. The van der Waals surface area contributed by atoms with E-state index in [9.17, 15) is 0 Å². The van der Waals surface area contributed by atoms with Crippen molar-refractivity contribution < 1.29 is 4.74 Å². The summed E-state index contributed by atoms with van der Waals surface area (Å²) in [7, 11) is 0. The highest BCUT2D eigenvalue weighted by molar-refractivity contribution is 8.00. The highest BCUT2D eigenvalue weighted by Crippen LogP contribution is 2.30. The molecule has 2 saturated heterocycles. The van der Waals surface area contributed by atoms with Crippen molar-refractivity contribution in [3.63, 3.8) is 0 Å². The zero-order valence-electron chi connectivity index (χ0n) is 8.78. The van der Waals surface area contributed by atoms with Gasteiger partial charge in [0.2, 0.25) is 0 Å². The fourth-order valence-corrected chi connectivity index (χ4v) is 3.73. The molecule has 0 bridgehead atoms. The molecular formula is C11H21NOS. The van der Waals surface area contributed by atoms with Crippen molar-refractivity contribution in [1.82, 2.24) is 0 Å². The molecule has 0 spiro atoms. The van der Waals surface area contributed by atoms with Gasteiger partial charge >= 0.3 is 0 Å². The average Bonchev–Trinajstić information content (AvgIpc) is 2.87. The van der Waals surface area contributed by atoms with Gasteiger partial charge < -0.3 is 10.5 Å². The zero-order valence-corrected chi connectivity index (χ0v) is 9.60. The first-order valence-electron chi connectivity index (χ1n) is 5.85. The zero-order chi connectivity index (χ0) is 9.80. The van der Waals surface area contributed by atoms with E-state index in [0.717, 1.165) is 18.3 Å². The third kappa shape index (κ3) is 2.88. The van der Waals surface area contributed by atoms with E-state index in [1.54, 1.807) is 0 Å². The first-order chi connectivity index (χ1) is 6.86. The van der Waals surface area contributed by atoms with Crippen molar-refractivity contribution in [1.29, 1.82) is 0 Å². The van der Waals surface area contributed by atoms with Gasteiger partial charge in [-0.1, -0.05) is 0 Å². The Kier molecular flexibility index (Phi) is 4.14. The number of ether oxygens (including phenoxy) is 1. The monoisotopic (exact) mass is 215 g/mol. The lowest BCUT2D eigenvalue weighted by Gasteiger charge is -2.19. The minimum Gasteiger partial charge on any atom is -0.378 e. The Bertz CT molecular complexity index is 165. The third-order valence-electron chi connectivity index (χ3n) is 3.29. The molecule has 2 N–H and O–H groups in total. The minimum absolute atomic E-state index is 0.409. The van der Waals surface area contributed by atoms with Crippen molar-refractivity contribution in [2.75, 3.05) is 12.4 Å². The lowest BCUT2D eigenvalue weighted by molar-refractivity contribution is 0.101. The predicted molar refractivity (Wildman–Crippen MR) is 61.7 cm³/mol. The molecule has 0 aromatic carbocycles. The largest absolute Gasteiger partial charge is 0.378 e. The first-order valence-corrected chi connectivity index (χ1v) is 6.90. The van der Waals surface area contributed by atoms with Crippen LogP contribution in [0.4, 0.5) is 0 Å². The molecule has 0 aromatic rings. The van der Waals surface area contributed by atoms with Crippen LogP contribution in [0.5, 0.6) is 0 Å². The summed E-state index contributed by atoms with van der Waals surface area (Å²) in [5.74, 6) is 1.32. The summed E-state index contributed by atoms with van der Waals surface area (Å²) in [5.41, 5.74) is 6.18. The van der Waals surface area contributed by atoms with Crippen molar-refractivity contribution in [2.45, 2.75) is 55.9 Å². The van der Waals surface area contributed by atoms with Gasteiger partial charge in [-0.15, -0.1) is 0 Å². The molecule has 0 aromatic heterocycles. The molecule has 3 unspecified atom stereocenters. The van der Waals surface area contributed by atoms with E-state index >= 15 is 0 Å². The topological polar surface area (TPSA) is 35.2 Å². The van der Waals surface area contributed by atoms with Gasteiger partial charge in [0.25, 0.3) is 0 Å². The predicted octanol–water partition coefficient (Wildman–Crippen LogP) is 2.17. The average molecular weight is 215 g/mol. The van der Waals surface area contributed by atoms with Crippen LogP contribution in [0, 0.1) is 0 Å². The summed E-state index contributed by atoms with van der Waals surface area (Å²) in [5, 5.41) is 0.733. The first kappa shape index (κ1) is 10.8. The Hall–Kier alpha value is 0.270. The van der Waals surface area contributed by atoms with E-state index in [1.165, 1.54) is 37.9 Å². The number of nitrogens with two attached hydrogens (primary N) is 1. The van der Waals surface area contributed by atoms with E-state index in [1.807, 2.05) is 0 Å². The lowest BCUT2D eigenvalue weighted by Crippen LogP contribution is -2.31. The van der Waals surface area contributed by atoms with Crippen LogP contribution >= 0.6 is 11.8 Å². The molecule has 2 aliphatic heterocycles. The molecule has 3 atom stereocenters. The Labute approximate surface area is 91.0 Å². The molecule has 0 aliphatic carbocycles. The quantitative estimate of drug-likeness (QED) is 0.780. The van der Waals surface area contributed by atoms with Crippen LogP contribution in [0.15, 0.2) is 0 Å². The van der Waals surface area contributed by atoms with Crippen LogP contribution in [0.1, 0.15) is 38.5 Å². The maximum Gasteiger partial charge on any atom is 0.0576 e. The second-order valence-electron chi connectivity index (χ2n) is 4.43. The molecule has 2 heterocycles. The van der Waals surface area contributed by atoms with Crippen LogP contribution in [0.25, 0.3) is 0 Å². The summed E-state index contributed by atoms with van der Waals surface area (Å²) in [6.45, 7) is 0.970. The molecule has 0 saturated carbocycles. The number of rotatable bonds is 4. The highest BCUT2D eigenvalue weighted by atomic mass is 32.2. The standard InChI is InChI=1S/C11H21NOS/c12-10(11-4-2-8-14-11)6-5-9-3-1-7-13-9/h9-11H,1-8,12H2. The Morgan fingerprint density at radius 2 is 2.29 bits per heavy atom. The van der Waals surface area contributed by atoms with Crippen LogP contribution in [0.3, 0.4) is 0 Å². The molecule has 14 heavy (non-hydrogen) atoms. The van der Waals surface area contributed by atoms with Crippen LogP contribution in [-0.4, -0.2) is 29.8 Å². The summed E-state index contributed by atoms with van der Waals surface area (Å²) in [6.07, 6.45) is 8.05. The van der Waals surface area contributed by atoms with Crippen molar-refractivity contribution in [3.8, 4) is 0 Å². The minimum atomic E-state index is 0.409. The molecule has 3 heteroatoms. The molecule has 2 fully saturated rings. The van der Waals surface area contributed by atoms with Crippen LogP contribution in [0.2, 0.25) is 0 Å². The molecule has 0 amide bonds. The fraction of sp³-hybridized carbons (Fsp3) is 1.00. The van der Waals surface area contributed by atoms with E-state index in [4.69, 9.17) is 10.5 Å². The molecule has 82 valence electrons. The summed E-state index contributed by atoms with van der Waals surface area (Å²) in [4.78, 5) is 0. The van der Waals surface area contributed by atoms with E-state index < -0.39 is 0 Å². The second kappa shape index (κ2) is 5.38. The maximum atomic E-state index is 6.18.